The fourth-order valence-electron chi connectivity index (χ4n) is 3.24. The van der Waals surface area contributed by atoms with Gasteiger partial charge in [-0.15, -0.1) is 0 Å². The fourth-order valence-corrected chi connectivity index (χ4v) is 6.06. The average molecular weight is 496 g/mol. The van der Waals surface area contributed by atoms with Gasteiger partial charge in [-0.1, -0.05) is 29.5 Å². The van der Waals surface area contributed by atoms with Crippen molar-refractivity contribution in [3.05, 3.63) is 87.0 Å². The Labute approximate surface area is 198 Å². The van der Waals surface area contributed by atoms with Gasteiger partial charge in [0.15, 0.2) is 5.13 Å². The number of rotatable bonds is 6. The molecule has 5 aromatic rings. The monoisotopic (exact) mass is 495 g/mol. The summed E-state index contributed by atoms with van der Waals surface area (Å²) in [6.45, 7) is 0. The number of hydrogen-bond acceptors (Lipinski definition) is 10. The van der Waals surface area contributed by atoms with Gasteiger partial charge in [-0.05, 0) is 70.2 Å². The third-order valence-electron chi connectivity index (χ3n) is 4.77. The van der Waals surface area contributed by atoms with Crippen LogP contribution >= 0.6 is 34.0 Å². The standard InChI is InChI=1S/C21H13N5O4S3/c22-14-4-1-12(2-5-14)13-3-6-16-15(11-13)23-21(31-16)24(17-7-9-19(32-17)25(27)28)18-8-10-20(33-18)26(29)30/h1-11H,22H2. The van der Waals surface area contributed by atoms with Crippen molar-refractivity contribution in [1.29, 1.82) is 0 Å². The van der Waals surface area contributed by atoms with Crippen LogP contribution in [0.3, 0.4) is 0 Å². The molecule has 9 nitrogen and oxygen atoms in total. The van der Waals surface area contributed by atoms with Gasteiger partial charge in [-0.25, -0.2) is 4.98 Å². The summed E-state index contributed by atoms with van der Waals surface area (Å²) in [4.78, 5) is 28.0. The lowest BCUT2D eigenvalue weighted by atomic mass is 10.1. The third-order valence-corrected chi connectivity index (χ3v) is 7.83. The quantitative estimate of drug-likeness (QED) is 0.153. The molecule has 0 atom stereocenters. The molecule has 33 heavy (non-hydrogen) atoms. The number of nitrogens with two attached hydrogens (primary N) is 1. The molecule has 0 unspecified atom stereocenters. The van der Waals surface area contributed by atoms with Gasteiger partial charge < -0.3 is 5.73 Å². The number of hydrogen-bond donors (Lipinski definition) is 1. The first-order chi connectivity index (χ1) is 15.9. The Morgan fingerprint density at radius 3 is 1.88 bits per heavy atom. The van der Waals surface area contributed by atoms with Gasteiger partial charge in [0.05, 0.1) is 20.1 Å². The molecule has 0 fully saturated rings. The van der Waals surface area contributed by atoms with Crippen molar-refractivity contribution in [1.82, 2.24) is 4.98 Å². The normalized spacial score (nSPS) is 11.0. The van der Waals surface area contributed by atoms with Crippen molar-refractivity contribution in [2.45, 2.75) is 0 Å². The SMILES string of the molecule is Nc1ccc(-c2ccc3sc(N(c4ccc([N+](=O)[O-])s4)c4ccc([N+](=O)[O-])s4)nc3c2)cc1. The Kier molecular flexibility index (Phi) is 5.24. The lowest BCUT2D eigenvalue weighted by Gasteiger charge is -2.16. The molecule has 0 saturated carbocycles. The predicted molar refractivity (Wildman–Crippen MR) is 133 cm³/mol. The first kappa shape index (κ1) is 21.0. The zero-order valence-electron chi connectivity index (χ0n) is 16.6. The molecule has 0 radical (unpaired) electrons. The Morgan fingerprint density at radius 2 is 1.33 bits per heavy atom. The maximum Gasteiger partial charge on any atom is 0.326 e. The molecule has 0 saturated heterocycles. The van der Waals surface area contributed by atoms with E-state index in [1.54, 1.807) is 17.0 Å². The number of nitrogen functional groups attached to an aromatic ring is 1. The zero-order valence-corrected chi connectivity index (χ0v) is 19.0. The summed E-state index contributed by atoms with van der Waals surface area (Å²) in [6.07, 6.45) is 0. The number of nitrogens with zero attached hydrogens (tertiary/aromatic N) is 4. The molecular weight excluding hydrogens is 482 g/mol. The molecule has 164 valence electrons. The highest BCUT2D eigenvalue weighted by Crippen LogP contribution is 2.47. The molecule has 3 heterocycles. The molecule has 12 heteroatoms. The summed E-state index contributed by atoms with van der Waals surface area (Å²) in [7, 11) is 0. The number of nitro groups is 2. The minimum absolute atomic E-state index is 0.0206. The highest BCUT2D eigenvalue weighted by molar-refractivity contribution is 7.24. The van der Waals surface area contributed by atoms with Crippen LogP contribution in [0.5, 0.6) is 0 Å². The summed E-state index contributed by atoms with van der Waals surface area (Å²) in [5, 5.41) is 24.1. The molecule has 0 aliphatic carbocycles. The van der Waals surface area contributed by atoms with E-state index < -0.39 is 9.85 Å². The van der Waals surface area contributed by atoms with E-state index in [2.05, 4.69) is 0 Å². The molecule has 0 aliphatic heterocycles. The van der Waals surface area contributed by atoms with Gasteiger partial charge in [0.2, 0.25) is 0 Å². The van der Waals surface area contributed by atoms with Crippen molar-refractivity contribution < 1.29 is 9.85 Å². The van der Waals surface area contributed by atoms with Crippen molar-refractivity contribution in [3.8, 4) is 11.1 Å². The average Bonchev–Trinajstić information content (AvgIpc) is 3.54. The smallest absolute Gasteiger partial charge is 0.326 e. The van der Waals surface area contributed by atoms with Gasteiger partial charge in [0.25, 0.3) is 0 Å². The lowest BCUT2D eigenvalue weighted by Crippen LogP contribution is -2.05. The topological polar surface area (TPSA) is 128 Å². The van der Waals surface area contributed by atoms with Crippen molar-refractivity contribution in [2.24, 2.45) is 0 Å². The molecule has 3 aromatic heterocycles. The second-order valence-electron chi connectivity index (χ2n) is 6.87. The lowest BCUT2D eigenvalue weighted by molar-refractivity contribution is -0.380. The number of benzene rings is 2. The summed E-state index contributed by atoms with van der Waals surface area (Å²) >= 11 is 3.38. The molecule has 2 N–H and O–H groups in total. The maximum atomic E-state index is 11.2. The summed E-state index contributed by atoms with van der Waals surface area (Å²) in [6, 6.07) is 19.6. The van der Waals surface area contributed by atoms with Gasteiger partial charge in [0.1, 0.15) is 10.0 Å². The minimum Gasteiger partial charge on any atom is -0.399 e. The largest absolute Gasteiger partial charge is 0.399 e. The molecule has 2 aromatic carbocycles. The second-order valence-corrected chi connectivity index (χ2v) is 9.96. The van der Waals surface area contributed by atoms with Crippen molar-refractivity contribution >= 4 is 75.1 Å². The highest BCUT2D eigenvalue weighted by atomic mass is 32.1. The Morgan fingerprint density at radius 1 is 0.758 bits per heavy atom. The fraction of sp³-hybridized carbons (Fsp3) is 0. The number of anilines is 4. The van der Waals surface area contributed by atoms with Crippen LogP contribution < -0.4 is 10.6 Å². The number of fused-ring (bicyclic) bond motifs is 1. The summed E-state index contributed by atoms with van der Waals surface area (Å²) in [5.74, 6) is 0. The van der Waals surface area contributed by atoms with E-state index >= 15 is 0 Å². The van der Waals surface area contributed by atoms with E-state index in [9.17, 15) is 20.2 Å². The van der Waals surface area contributed by atoms with E-state index in [0.29, 0.717) is 20.8 Å². The number of aromatic nitrogens is 1. The first-order valence-corrected chi connectivity index (χ1v) is 11.9. The van der Waals surface area contributed by atoms with E-state index in [0.717, 1.165) is 44.0 Å². The van der Waals surface area contributed by atoms with Crippen LogP contribution in [-0.2, 0) is 0 Å². The summed E-state index contributed by atoms with van der Waals surface area (Å²) in [5.41, 5.74) is 9.20. The van der Waals surface area contributed by atoms with Crippen molar-refractivity contribution in [3.63, 3.8) is 0 Å². The van der Waals surface area contributed by atoms with Gasteiger partial charge in [-0.3, -0.25) is 25.1 Å². The molecular formula is C21H13N5O4S3. The Hall–Kier alpha value is -3.87. The Balaban J connectivity index is 1.61. The van der Waals surface area contributed by atoms with Crippen LogP contribution in [0.4, 0.5) is 30.8 Å². The van der Waals surface area contributed by atoms with Crippen LogP contribution in [-0.4, -0.2) is 14.8 Å². The predicted octanol–water partition coefficient (Wildman–Crippen LogP) is 6.95. The highest BCUT2D eigenvalue weighted by Gasteiger charge is 2.24. The number of thiophene rings is 2. The third kappa shape index (κ3) is 4.02. The van der Waals surface area contributed by atoms with Crippen LogP contribution in [0.15, 0.2) is 66.7 Å². The summed E-state index contributed by atoms with van der Waals surface area (Å²) < 4.78 is 0.923. The van der Waals surface area contributed by atoms with Gasteiger partial charge in [-0.2, -0.15) is 0 Å². The van der Waals surface area contributed by atoms with E-state index in [4.69, 9.17) is 10.7 Å². The Bertz CT molecular complexity index is 1450. The molecule has 0 aliphatic rings. The van der Waals surface area contributed by atoms with Crippen LogP contribution in [0.2, 0.25) is 0 Å². The van der Waals surface area contributed by atoms with E-state index in [1.165, 1.54) is 23.5 Å². The second kappa shape index (κ2) is 8.24. The van der Waals surface area contributed by atoms with Crippen molar-refractivity contribution in [2.75, 3.05) is 10.6 Å². The maximum absolute atomic E-state index is 11.2. The molecule has 0 spiro atoms. The minimum atomic E-state index is -0.458. The van der Waals surface area contributed by atoms with Gasteiger partial charge >= 0.3 is 10.0 Å². The zero-order chi connectivity index (χ0) is 23.1. The van der Waals surface area contributed by atoms with Gasteiger partial charge in [0, 0.05) is 17.8 Å². The van der Waals surface area contributed by atoms with E-state index in [-0.39, 0.29) is 10.0 Å². The number of thiazole rings is 1. The first-order valence-electron chi connectivity index (χ1n) is 9.44. The van der Waals surface area contributed by atoms with Crippen LogP contribution in [0.1, 0.15) is 0 Å². The molecule has 0 bridgehead atoms. The van der Waals surface area contributed by atoms with E-state index in [1.807, 2.05) is 42.5 Å². The molecule has 0 amide bonds. The van der Waals surface area contributed by atoms with Crippen LogP contribution in [0, 0.1) is 20.2 Å². The van der Waals surface area contributed by atoms with Crippen LogP contribution in [0.25, 0.3) is 21.3 Å². The molecule has 5 rings (SSSR count).